The number of urea groups is 1. The Morgan fingerprint density at radius 2 is 1.95 bits per heavy atom. The quantitative estimate of drug-likeness (QED) is 0.889. The summed E-state index contributed by atoms with van der Waals surface area (Å²) in [4.78, 5) is 14.2. The molecule has 0 aliphatic carbocycles. The van der Waals surface area contributed by atoms with E-state index >= 15 is 0 Å². The summed E-state index contributed by atoms with van der Waals surface area (Å²) in [5.41, 5.74) is 3.84. The maximum Gasteiger partial charge on any atom is 0.317 e. The normalized spacial score (nSPS) is 13.6. The molecule has 0 saturated heterocycles. The lowest BCUT2D eigenvalue weighted by atomic mass is 10.0. The van der Waals surface area contributed by atoms with Crippen LogP contribution in [0.5, 0.6) is 0 Å². The van der Waals surface area contributed by atoms with Crippen molar-refractivity contribution >= 4 is 22.0 Å². The van der Waals surface area contributed by atoms with Crippen LogP contribution in [0.1, 0.15) is 16.7 Å². The molecule has 1 N–H and O–H groups in total. The zero-order chi connectivity index (χ0) is 15.4. The van der Waals surface area contributed by atoms with Crippen molar-refractivity contribution in [2.45, 2.75) is 19.4 Å². The number of amides is 2. The number of benzene rings is 2. The SMILES string of the molecule is O=C(NCCc1cccc(Br)c1)N1CCc2ccccc2C1. The summed E-state index contributed by atoms with van der Waals surface area (Å²) in [5.74, 6) is 0. The van der Waals surface area contributed by atoms with Gasteiger partial charge < -0.3 is 10.2 Å². The Labute approximate surface area is 139 Å². The number of nitrogens with zero attached hydrogens (tertiary/aromatic N) is 1. The maximum absolute atomic E-state index is 12.3. The molecule has 1 aliphatic heterocycles. The van der Waals surface area contributed by atoms with E-state index in [0.717, 1.165) is 23.9 Å². The highest BCUT2D eigenvalue weighted by Crippen LogP contribution is 2.18. The van der Waals surface area contributed by atoms with E-state index in [2.05, 4.69) is 51.6 Å². The Morgan fingerprint density at radius 3 is 2.77 bits per heavy atom. The van der Waals surface area contributed by atoms with Gasteiger partial charge in [0.2, 0.25) is 0 Å². The molecule has 0 aromatic heterocycles. The lowest BCUT2D eigenvalue weighted by Crippen LogP contribution is -2.43. The van der Waals surface area contributed by atoms with E-state index in [-0.39, 0.29) is 6.03 Å². The number of fused-ring (bicyclic) bond motifs is 1. The van der Waals surface area contributed by atoms with Gasteiger partial charge in [-0.25, -0.2) is 4.79 Å². The summed E-state index contributed by atoms with van der Waals surface area (Å²) in [5, 5.41) is 3.02. The molecule has 22 heavy (non-hydrogen) atoms. The van der Waals surface area contributed by atoms with Gasteiger partial charge >= 0.3 is 6.03 Å². The average Bonchev–Trinajstić information content (AvgIpc) is 2.54. The number of carbonyl (C=O) groups is 1. The van der Waals surface area contributed by atoms with Crippen LogP contribution in [0, 0.1) is 0 Å². The highest BCUT2D eigenvalue weighted by atomic mass is 79.9. The highest BCUT2D eigenvalue weighted by Gasteiger charge is 2.19. The standard InChI is InChI=1S/C18H19BrN2O/c19-17-7-3-4-14(12-17)8-10-20-18(22)21-11-9-15-5-1-2-6-16(15)13-21/h1-7,12H,8-11,13H2,(H,20,22). The van der Waals surface area contributed by atoms with Crippen molar-refractivity contribution in [3.05, 3.63) is 69.7 Å². The minimum Gasteiger partial charge on any atom is -0.338 e. The predicted octanol–water partition coefficient (Wildman–Crippen LogP) is 3.76. The Kier molecular flexibility index (Phi) is 4.78. The van der Waals surface area contributed by atoms with Crippen LogP contribution >= 0.6 is 15.9 Å². The van der Waals surface area contributed by atoms with Gasteiger partial charge in [-0.2, -0.15) is 0 Å². The van der Waals surface area contributed by atoms with Gasteiger partial charge in [-0.3, -0.25) is 0 Å². The number of rotatable bonds is 3. The fourth-order valence-corrected chi connectivity index (χ4v) is 3.23. The van der Waals surface area contributed by atoms with Crippen molar-refractivity contribution in [3.63, 3.8) is 0 Å². The van der Waals surface area contributed by atoms with Crippen molar-refractivity contribution < 1.29 is 4.79 Å². The van der Waals surface area contributed by atoms with Crippen molar-refractivity contribution in [1.82, 2.24) is 10.2 Å². The van der Waals surface area contributed by atoms with Gasteiger partial charge in [-0.15, -0.1) is 0 Å². The first-order valence-corrected chi connectivity index (χ1v) is 8.36. The molecule has 0 fully saturated rings. The molecular weight excluding hydrogens is 340 g/mol. The van der Waals surface area contributed by atoms with Crippen molar-refractivity contribution in [2.24, 2.45) is 0 Å². The third kappa shape index (κ3) is 3.69. The second-order valence-electron chi connectivity index (χ2n) is 5.55. The van der Waals surface area contributed by atoms with Crippen LogP contribution in [-0.2, 0) is 19.4 Å². The number of halogens is 1. The Bertz CT molecular complexity index is 672. The van der Waals surface area contributed by atoms with Crippen LogP contribution in [0.15, 0.2) is 53.0 Å². The Balaban J connectivity index is 1.51. The second-order valence-corrected chi connectivity index (χ2v) is 6.47. The van der Waals surface area contributed by atoms with Crippen LogP contribution in [0.2, 0.25) is 0 Å². The molecule has 0 saturated carbocycles. The van der Waals surface area contributed by atoms with E-state index in [0.29, 0.717) is 13.1 Å². The summed E-state index contributed by atoms with van der Waals surface area (Å²) in [6.45, 7) is 2.16. The van der Waals surface area contributed by atoms with E-state index in [9.17, 15) is 4.79 Å². The van der Waals surface area contributed by atoms with Gasteiger partial charge in [-0.05, 0) is 41.7 Å². The third-order valence-electron chi connectivity index (χ3n) is 4.00. The molecule has 3 rings (SSSR count). The van der Waals surface area contributed by atoms with E-state index in [1.54, 1.807) is 0 Å². The molecule has 1 heterocycles. The van der Waals surface area contributed by atoms with Crippen LogP contribution in [0.3, 0.4) is 0 Å². The maximum atomic E-state index is 12.3. The van der Waals surface area contributed by atoms with Crippen LogP contribution < -0.4 is 5.32 Å². The molecule has 0 bridgehead atoms. The van der Waals surface area contributed by atoms with Gasteiger partial charge in [0.25, 0.3) is 0 Å². The second kappa shape index (κ2) is 6.97. The summed E-state index contributed by atoms with van der Waals surface area (Å²) >= 11 is 3.47. The molecule has 3 nitrogen and oxygen atoms in total. The van der Waals surface area contributed by atoms with Gasteiger partial charge in [0.05, 0.1) is 0 Å². The van der Waals surface area contributed by atoms with Crippen LogP contribution in [0.25, 0.3) is 0 Å². The first-order valence-electron chi connectivity index (χ1n) is 7.56. The molecule has 0 radical (unpaired) electrons. The van der Waals surface area contributed by atoms with Gasteiger partial charge in [0.1, 0.15) is 0 Å². The first kappa shape index (κ1) is 15.1. The summed E-state index contributed by atoms with van der Waals surface area (Å²) in [6.07, 6.45) is 1.78. The van der Waals surface area contributed by atoms with E-state index in [4.69, 9.17) is 0 Å². The molecule has 1 aliphatic rings. The summed E-state index contributed by atoms with van der Waals surface area (Å²) in [6, 6.07) is 16.6. The van der Waals surface area contributed by atoms with Crippen molar-refractivity contribution in [3.8, 4) is 0 Å². The van der Waals surface area contributed by atoms with E-state index < -0.39 is 0 Å². The minimum absolute atomic E-state index is 0.0319. The minimum atomic E-state index is 0.0319. The predicted molar refractivity (Wildman–Crippen MR) is 91.8 cm³/mol. The van der Waals surface area contributed by atoms with Crippen LogP contribution in [0.4, 0.5) is 4.79 Å². The summed E-state index contributed by atoms with van der Waals surface area (Å²) < 4.78 is 1.07. The number of carbonyl (C=O) groups excluding carboxylic acids is 1. The number of nitrogens with one attached hydrogen (secondary N) is 1. The molecule has 0 atom stereocenters. The molecule has 2 aromatic rings. The average molecular weight is 359 g/mol. The largest absolute Gasteiger partial charge is 0.338 e. The Morgan fingerprint density at radius 1 is 1.14 bits per heavy atom. The molecule has 4 heteroatoms. The molecule has 114 valence electrons. The van der Waals surface area contributed by atoms with E-state index in [1.807, 2.05) is 23.1 Å². The third-order valence-corrected chi connectivity index (χ3v) is 4.49. The number of hydrogen-bond acceptors (Lipinski definition) is 1. The van der Waals surface area contributed by atoms with Gasteiger partial charge in [-0.1, -0.05) is 52.3 Å². The monoisotopic (exact) mass is 358 g/mol. The first-order chi connectivity index (χ1) is 10.7. The topological polar surface area (TPSA) is 32.3 Å². The lowest BCUT2D eigenvalue weighted by molar-refractivity contribution is 0.192. The molecule has 2 aromatic carbocycles. The van der Waals surface area contributed by atoms with Crippen molar-refractivity contribution in [2.75, 3.05) is 13.1 Å². The highest BCUT2D eigenvalue weighted by molar-refractivity contribution is 9.10. The molecular formula is C18H19BrN2O. The zero-order valence-corrected chi connectivity index (χ0v) is 14.0. The molecule has 0 spiro atoms. The molecule has 0 unspecified atom stereocenters. The number of hydrogen-bond donors (Lipinski definition) is 1. The zero-order valence-electron chi connectivity index (χ0n) is 12.4. The smallest absolute Gasteiger partial charge is 0.317 e. The van der Waals surface area contributed by atoms with Crippen molar-refractivity contribution in [1.29, 1.82) is 0 Å². The van der Waals surface area contributed by atoms with Gasteiger partial charge in [0.15, 0.2) is 0 Å². The molecule has 2 amide bonds. The van der Waals surface area contributed by atoms with E-state index in [1.165, 1.54) is 16.7 Å². The fourth-order valence-electron chi connectivity index (χ4n) is 2.79. The van der Waals surface area contributed by atoms with Gasteiger partial charge in [0, 0.05) is 24.1 Å². The summed E-state index contributed by atoms with van der Waals surface area (Å²) in [7, 11) is 0. The Hall–Kier alpha value is -1.81. The van der Waals surface area contributed by atoms with Crippen LogP contribution in [-0.4, -0.2) is 24.0 Å². The lowest BCUT2D eigenvalue weighted by Gasteiger charge is -2.29. The fraction of sp³-hybridized carbons (Fsp3) is 0.278.